The lowest BCUT2D eigenvalue weighted by Crippen LogP contribution is -2.64. The molecule has 0 aromatic rings. The summed E-state index contributed by atoms with van der Waals surface area (Å²) in [6.45, 7) is 11.6. The zero-order chi connectivity index (χ0) is 13.2. The van der Waals surface area contributed by atoms with Gasteiger partial charge in [-0.1, -0.05) is 13.8 Å². The average molecular weight is 242 g/mol. The number of likely N-dealkylation sites (N-methyl/N-ethyl adjacent to an activating group) is 1. The van der Waals surface area contributed by atoms with Gasteiger partial charge >= 0.3 is 5.97 Å². The van der Waals surface area contributed by atoms with E-state index in [0.29, 0.717) is 5.92 Å². The summed E-state index contributed by atoms with van der Waals surface area (Å²) in [4.78, 5) is 15.6. The number of aliphatic carboxylic acids is 1. The first kappa shape index (κ1) is 14.5. The highest BCUT2D eigenvalue weighted by atomic mass is 16.4. The third-order valence-corrected chi connectivity index (χ3v) is 3.37. The number of piperazine rings is 1. The number of carboxylic acid groups (broad SMARTS) is 1. The van der Waals surface area contributed by atoms with E-state index in [1.165, 1.54) is 0 Å². The molecule has 1 heterocycles. The second kappa shape index (κ2) is 5.36. The molecule has 1 fully saturated rings. The maximum absolute atomic E-state index is 11.0. The topological polar surface area (TPSA) is 43.8 Å². The van der Waals surface area contributed by atoms with Crippen molar-refractivity contribution < 1.29 is 9.90 Å². The average Bonchev–Trinajstić information content (AvgIpc) is 2.08. The highest BCUT2D eigenvalue weighted by molar-refractivity contribution is 5.67. The molecule has 1 rings (SSSR count). The highest BCUT2D eigenvalue weighted by Crippen LogP contribution is 2.27. The molecular weight excluding hydrogens is 216 g/mol. The maximum Gasteiger partial charge on any atom is 0.304 e. The van der Waals surface area contributed by atoms with Gasteiger partial charge in [0.1, 0.15) is 0 Å². The largest absolute Gasteiger partial charge is 0.481 e. The van der Waals surface area contributed by atoms with E-state index >= 15 is 0 Å². The number of hydrogen-bond donors (Lipinski definition) is 1. The second-order valence-electron chi connectivity index (χ2n) is 6.31. The van der Waals surface area contributed by atoms with Crippen LogP contribution in [0, 0.1) is 5.92 Å². The minimum Gasteiger partial charge on any atom is -0.481 e. The van der Waals surface area contributed by atoms with Crippen molar-refractivity contribution in [1.29, 1.82) is 0 Å². The summed E-state index contributed by atoms with van der Waals surface area (Å²) in [6, 6.07) is 0.128. The number of rotatable bonds is 4. The van der Waals surface area contributed by atoms with Crippen LogP contribution >= 0.6 is 0 Å². The summed E-state index contributed by atoms with van der Waals surface area (Å²) < 4.78 is 0. The Morgan fingerprint density at radius 2 is 2.06 bits per heavy atom. The molecule has 0 aromatic heterocycles. The van der Waals surface area contributed by atoms with Crippen LogP contribution in [0.2, 0.25) is 0 Å². The standard InChI is InChI=1S/C13H26N2O2/c1-10(2)7-15-11(6-12(16)17)8-14(5)9-13(15,3)4/h10-11H,6-9H2,1-5H3,(H,16,17). The van der Waals surface area contributed by atoms with Crippen LogP contribution in [-0.4, -0.2) is 59.1 Å². The normalized spacial score (nSPS) is 26.4. The quantitative estimate of drug-likeness (QED) is 0.811. The van der Waals surface area contributed by atoms with E-state index in [2.05, 4.69) is 44.5 Å². The second-order valence-corrected chi connectivity index (χ2v) is 6.31. The molecule has 1 N–H and O–H groups in total. The van der Waals surface area contributed by atoms with Crippen LogP contribution < -0.4 is 0 Å². The van der Waals surface area contributed by atoms with E-state index in [-0.39, 0.29) is 18.0 Å². The molecule has 1 aliphatic heterocycles. The lowest BCUT2D eigenvalue weighted by atomic mass is 9.92. The molecule has 0 aliphatic carbocycles. The van der Waals surface area contributed by atoms with Crippen LogP contribution in [0.5, 0.6) is 0 Å². The molecular formula is C13H26N2O2. The van der Waals surface area contributed by atoms with E-state index < -0.39 is 5.97 Å². The summed E-state index contributed by atoms with van der Waals surface area (Å²) in [6.07, 6.45) is 0.237. The lowest BCUT2D eigenvalue weighted by molar-refractivity contribution is -0.140. The first-order chi connectivity index (χ1) is 7.72. The smallest absolute Gasteiger partial charge is 0.304 e. The fourth-order valence-electron chi connectivity index (χ4n) is 2.93. The molecule has 4 heteroatoms. The Labute approximate surface area is 105 Å². The maximum atomic E-state index is 11.0. The minimum atomic E-state index is -0.699. The summed E-state index contributed by atoms with van der Waals surface area (Å²) in [5.41, 5.74) is 0.0530. The van der Waals surface area contributed by atoms with Gasteiger partial charge in [-0.05, 0) is 26.8 Å². The molecule has 4 nitrogen and oxygen atoms in total. The molecule has 0 amide bonds. The fourth-order valence-corrected chi connectivity index (χ4v) is 2.93. The molecule has 0 spiro atoms. The highest BCUT2D eigenvalue weighted by Gasteiger charge is 2.39. The predicted molar refractivity (Wildman–Crippen MR) is 69.2 cm³/mol. The Hall–Kier alpha value is -0.610. The van der Waals surface area contributed by atoms with Gasteiger partial charge in [0.15, 0.2) is 0 Å². The van der Waals surface area contributed by atoms with Crippen molar-refractivity contribution in [3.63, 3.8) is 0 Å². The van der Waals surface area contributed by atoms with Crippen LogP contribution in [-0.2, 0) is 4.79 Å². The van der Waals surface area contributed by atoms with Gasteiger partial charge in [-0.15, -0.1) is 0 Å². The van der Waals surface area contributed by atoms with Crippen LogP contribution in [0.3, 0.4) is 0 Å². The molecule has 100 valence electrons. The van der Waals surface area contributed by atoms with Gasteiger partial charge in [-0.25, -0.2) is 0 Å². The van der Waals surface area contributed by atoms with Crippen molar-refractivity contribution in [3.05, 3.63) is 0 Å². The van der Waals surface area contributed by atoms with Crippen molar-refractivity contribution >= 4 is 5.97 Å². The van der Waals surface area contributed by atoms with Crippen molar-refractivity contribution in [2.24, 2.45) is 5.92 Å². The third-order valence-electron chi connectivity index (χ3n) is 3.37. The lowest BCUT2D eigenvalue weighted by Gasteiger charge is -2.51. The summed E-state index contributed by atoms with van der Waals surface area (Å²) in [5, 5.41) is 9.03. The fraction of sp³-hybridized carbons (Fsp3) is 0.923. The van der Waals surface area contributed by atoms with Gasteiger partial charge in [0, 0.05) is 31.2 Å². The van der Waals surface area contributed by atoms with Gasteiger partial charge in [0.05, 0.1) is 6.42 Å². The Kier molecular flexibility index (Phi) is 4.55. The molecule has 0 saturated carbocycles. The molecule has 1 aliphatic rings. The Morgan fingerprint density at radius 3 is 2.53 bits per heavy atom. The molecule has 1 atom stereocenters. The van der Waals surface area contributed by atoms with Gasteiger partial charge in [-0.2, -0.15) is 0 Å². The van der Waals surface area contributed by atoms with Crippen LogP contribution in [0.15, 0.2) is 0 Å². The van der Waals surface area contributed by atoms with Crippen molar-refractivity contribution in [2.45, 2.75) is 45.7 Å². The van der Waals surface area contributed by atoms with Crippen molar-refractivity contribution in [1.82, 2.24) is 9.80 Å². The van der Waals surface area contributed by atoms with Gasteiger partial charge in [0.25, 0.3) is 0 Å². The molecule has 0 bridgehead atoms. The summed E-state index contributed by atoms with van der Waals surface area (Å²) in [5.74, 6) is -0.135. The molecule has 1 unspecified atom stereocenters. The van der Waals surface area contributed by atoms with Crippen LogP contribution in [0.4, 0.5) is 0 Å². The first-order valence-corrected chi connectivity index (χ1v) is 6.39. The summed E-state index contributed by atoms with van der Waals surface area (Å²) in [7, 11) is 2.07. The molecule has 0 radical (unpaired) electrons. The number of carbonyl (C=O) groups is 1. The monoisotopic (exact) mass is 242 g/mol. The summed E-state index contributed by atoms with van der Waals surface area (Å²) >= 11 is 0. The van der Waals surface area contributed by atoms with Crippen LogP contribution in [0.1, 0.15) is 34.1 Å². The number of carboxylic acids is 1. The minimum absolute atomic E-state index is 0.0530. The SMILES string of the molecule is CC(C)CN1C(CC(=O)O)CN(C)CC1(C)C. The zero-order valence-corrected chi connectivity index (χ0v) is 11.7. The third kappa shape index (κ3) is 3.96. The van der Waals surface area contributed by atoms with Crippen LogP contribution in [0.25, 0.3) is 0 Å². The Bertz CT molecular complexity index is 277. The molecule has 1 saturated heterocycles. The molecule has 0 aromatic carbocycles. The van der Waals surface area contributed by atoms with Crippen molar-refractivity contribution in [2.75, 3.05) is 26.7 Å². The van der Waals surface area contributed by atoms with Gasteiger partial charge in [-0.3, -0.25) is 9.69 Å². The van der Waals surface area contributed by atoms with E-state index in [0.717, 1.165) is 19.6 Å². The van der Waals surface area contributed by atoms with E-state index in [4.69, 9.17) is 5.11 Å². The van der Waals surface area contributed by atoms with Gasteiger partial charge < -0.3 is 10.0 Å². The van der Waals surface area contributed by atoms with E-state index in [1.807, 2.05) is 0 Å². The predicted octanol–water partition coefficient (Wildman–Crippen LogP) is 1.51. The van der Waals surface area contributed by atoms with Crippen molar-refractivity contribution in [3.8, 4) is 0 Å². The zero-order valence-electron chi connectivity index (χ0n) is 11.7. The van der Waals surface area contributed by atoms with Gasteiger partial charge in [0.2, 0.25) is 0 Å². The Balaban J connectivity index is 2.84. The first-order valence-electron chi connectivity index (χ1n) is 6.39. The number of nitrogens with zero attached hydrogens (tertiary/aromatic N) is 2. The molecule has 17 heavy (non-hydrogen) atoms. The number of hydrogen-bond acceptors (Lipinski definition) is 3. The van der Waals surface area contributed by atoms with E-state index in [1.54, 1.807) is 0 Å². The Morgan fingerprint density at radius 1 is 1.47 bits per heavy atom. The van der Waals surface area contributed by atoms with E-state index in [9.17, 15) is 4.79 Å².